The summed E-state index contributed by atoms with van der Waals surface area (Å²) in [4.78, 5) is 21.8. The van der Waals surface area contributed by atoms with E-state index in [0.717, 1.165) is 11.6 Å². The Kier molecular flexibility index (Phi) is 4.55. The van der Waals surface area contributed by atoms with Gasteiger partial charge in [-0.05, 0) is 19.8 Å². The normalized spacial score (nSPS) is 15.9. The standard InChI is InChI=1S/C14H20N4O2/c1-3-6-15-12-9-13(17-10(2)16-12)18-7-4-11(5-8-18)14(19)20/h3,9,11H,1,4-8H2,2H3,(H,19,20)(H,15,16,17). The fourth-order valence-electron chi connectivity index (χ4n) is 2.34. The number of aromatic nitrogens is 2. The van der Waals surface area contributed by atoms with Gasteiger partial charge in [-0.1, -0.05) is 6.08 Å². The monoisotopic (exact) mass is 276 g/mol. The molecule has 0 aromatic carbocycles. The highest BCUT2D eigenvalue weighted by atomic mass is 16.4. The van der Waals surface area contributed by atoms with Crippen molar-refractivity contribution in [1.29, 1.82) is 0 Å². The molecule has 2 heterocycles. The molecule has 0 saturated carbocycles. The molecule has 0 amide bonds. The van der Waals surface area contributed by atoms with Crippen molar-refractivity contribution in [2.24, 2.45) is 5.92 Å². The van der Waals surface area contributed by atoms with Crippen molar-refractivity contribution < 1.29 is 9.90 Å². The molecule has 0 radical (unpaired) electrons. The largest absolute Gasteiger partial charge is 0.481 e. The minimum atomic E-state index is -0.697. The maximum atomic E-state index is 11.0. The number of carboxylic acids is 1. The molecule has 0 spiro atoms. The van der Waals surface area contributed by atoms with Gasteiger partial charge in [0.05, 0.1) is 5.92 Å². The van der Waals surface area contributed by atoms with Gasteiger partial charge in [-0.3, -0.25) is 4.79 Å². The van der Waals surface area contributed by atoms with Gasteiger partial charge in [0.1, 0.15) is 17.5 Å². The molecule has 6 heteroatoms. The van der Waals surface area contributed by atoms with Crippen molar-refractivity contribution in [1.82, 2.24) is 9.97 Å². The second-order valence-electron chi connectivity index (χ2n) is 4.93. The van der Waals surface area contributed by atoms with Crippen molar-refractivity contribution >= 4 is 17.6 Å². The highest BCUT2D eigenvalue weighted by Gasteiger charge is 2.25. The van der Waals surface area contributed by atoms with E-state index in [4.69, 9.17) is 5.11 Å². The molecule has 1 aromatic heterocycles. The van der Waals surface area contributed by atoms with Crippen molar-refractivity contribution in [2.75, 3.05) is 29.9 Å². The van der Waals surface area contributed by atoms with Gasteiger partial charge < -0.3 is 15.3 Å². The summed E-state index contributed by atoms with van der Waals surface area (Å²) in [6.45, 7) is 7.60. The number of aliphatic carboxylic acids is 1. The Morgan fingerprint density at radius 3 is 2.85 bits per heavy atom. The Morgan fingerprint density at radius 1 is 1.55 bits per heavy atom. The number of carbonyl (C=O) groups is 1. The Balaban J connectivity index is 2.07. The third kappa shape index (κ3) is 3.46. The van der Waals surface area contributed by atoms with Gasteiger partial charge in [0.25, 0.3) is 0 Å². The van der Waals surface area contributed by atoms with Gasteiger partial charge in [0.15, 0.2) is 0 Å². The van der Waals surface area contributed by atoms with Crippen LogP contribution in [0.15, 0.2) is 18.7 Å². The minimum Gasteiger partial charge on any atom is -0.481 e. The highest BCUT2D eigenvalue weighted by molar-refractivity contribution is 5.70. The second-order valence-corrected chi connectivity index (χ2v) is 4.93. The molecular formula is C14H20N4O2. The molecule has 2 rings (SSSR count). The van der Waals surface area contributed by atoms with E-state index in [1.165, 1.54) is 0 Å². The van der Waals surface area contributed by atoms with Crippen LogP contribution in [0.25, 0.3) is 0 Å². The van der Waals surface area contributed by atoms with Crippen LogP contribution >= 0.6 is 0 Å². The quantitative estimate of drug-likeness (QED) is 0.797. The first-order valence-corrected chi connectivity index (χ1v) is 6.78. The summed E-state index contributed by atoms with van der Waals surface area (Å²) in [5, 5.41) is 12.2. The van der Waals surface area contributed by atoms with Crippen LogP contribution in [-0.4, -0.2) is 40.7 Å². The van der Waals surface area contributed by atoms with E-state index in [1.54, 1.807) is 6.08 Å². The van der Waals surface area contributed by atoms with Gasteiger partial charge in [0, 0.05) is 25.7 Å². The molecule has 0 aliphatic carbocycles. The third-order valence-corrected chi connectivity index (χ3v) is 3.42. The molecule has 108 valence electrons. The van der Waals surface area contributed by atoms with Gasteiger partial charge in [-0.25, -0.2) is 9.97 Å². The topological polar surface area (TPSA) is 78.4 Å². The summed E-state index contributed by atoms with van der Waals surface area (Å²) in [6.07, 6.45) is 3.09. The first kappa shape index (κ1) is 14.3. The molecule has 1 fully saturated rings. The number of aryl methyl sites for hydroxylation is 1. The van der Waals surface area contributed by atoms with Gasteiger partial charge in [-0.15, -0.1) is 6.58 Å². The van der Waals surface area contributed by atoms with Gasteiger partial charge in [0.2, 0.25) is 0 Å². The number of nitrogens with zero attached hydrogens (tertiary/aromatic N) is 3. The number of anilines is 2. The molecule has 6 nitrogen and oxygen atoms in total. The Hall–Kier alpha value is -2.11. The predicted octanol–water partition coefficient (Wildman–Crippen LogP) is 1.68. The fraction of sp³-hybridized carbons (Fsp3) is 0.500. The van der Waals surface area contributed by atoms with E-state index >= 15 is 0 Å². The van der Waals surface area contributed by atoms with Crippen LogP contribution in [0.3, 0.4) is 0 Å². The van der Waals surface area contributed by atoms with Crippen molar-refractivity contribution in [3.63, 3.8) is 0 Å². The zero-order valence-corrected chi connectivity index (χ0v) is 11.7. The smallest absolute Gasteiger partial charge is 0.306 e. The van der Waals surface area contributed by atoms with Crippen molar-refractivity contribution in [2.45, 2.75) is 19.8 Å². The SMILES string of the molecule is C=CCNc1cc(N2CCC(C(=O)O)CC2)nc(C)n1. The van der Waals surface area contributed by atoms with Crippen molar-refractivity contribution in [3.8, 4) is 0 Å². The van der Waals surface area contributed by atoms with Crippen LogP contribution in [0.2, 0.25) is 0 Å². The number of hydrogen-bond acceptors (Lipinski definition) is 5. The average molecular weight is 276 g/mol. The number of carboxylic acid groups (broad SMARTS) is 1. The van der Waals surface area contributed by atoms with Crippen LogP contribution in [0.5, 0.6) is 0 Å². The number of nitrogens with one attached hydrogen (secondary N) is 1. The summed E-state index contributed by atoms with van der Waals surface area (Å²) in [5.74, 6) is 1.40. The lowest BCUT2D eigenvalue weighted by Gasteiger charge is -2.31. The van der Waals surface area contributed by atoms with E-state index in [-0.39, 0.29) is 5.92 Å². The number of piperidine rings is 1. The maximum absolute atomic E-state index is 11.0. The lowest BCUT2D eigenvalue weighted by molar-refractivity contribution is -0.142. The zero-order chi connectivity index (χ0) is 14.5. The molecule has 0 bridgehead atoms. The van der Waals surface area contributed by atoms with Gasteiger partial charge >= 0.3 is 5.97 Å². The van der Waals surface area contributed by atoms with E-state index in [2.05, 4.69) is 26.8 Å². The molecule has 1 aliphatic rings. The van der Waals surface area contributed by atoms with E-state index in [9.17, 15) is 4.79 Å². The molecule has 2 N–H and O–H groups in total. The summed E-state index contributed by atoms with van der Waals surface area (Å²) < 4.78 is 0. The minimum absolute atomic E-state index is 0.229. The average Bonchev–Trinajstić information content (AvgIpc) is 2.44. The molecule has 20 heavy (non-hydrogen) atoms. The summed E-state index contributed by atoms with van der Waals surface area (Å²) in [6, 6.07) is 1.90. The Bertz CT molecular complexity index is 496. The summed E-state index contributed by atoms with van der Waals surface area (Å²) >= 11 is 0. The highest BCUT2D eigenvalue weighted by Crippen LogP contribution is 2.23. The van der Waals surface area contributed by atoms with Crippen LogP contribution in [0.4, 0.5) is 11.6 Å². The molecule has 1 saturated heterocycles. The fourth-order valence-corrected chi connectivity index (χ4v) is 2.34. The van der Waals surface area contributed by atoms with Crippen LogP contribution in [0.1, 0.15) is 18.7 Å². The lowest BCUT2D eigenvalue weighted by atomic mass is 9.97. The third-order valence-electron chi connectivity index (χ3n) is 3.42. The number of hydrogen-bond donors (Lipinski definition) is 2. The van der Waals surface area contributed by atoms with E-state index in [0.29, 0.717) is 38.3 Å². The molecular weight excluding hydrogens is 256 g/mol. The zero-order valence-electron chi connectivity index (χ0n) is 11.7. The first-order chi connectivity index (χ1) is 9.60. The lowest BCUT2D eigenvalue weighted by Crippen LogP contribution is -2.37. The molecule has 1 aliphatic heterocycles. The van der Waals surface area contributed by atoms with Gasteiger partial charge in [-0.2, -0.15) is 0 Å². The Labute approximate surface area is 118 Å². The van der Waals surface area contributed by atoms with Crippen LogP contribution in [-0.2, 0) is 4.79 Å². The first-order valence-electron chi connectivity index (χ1n) is 6.78. The number of rotatable bonds is 5. The van der Waals surface area contributed by atoms with Crippen LogP contribution in [0, 0.1) is 12.8 Å². The van der Waals surface area contributed by atoms with Crippen LogP contribution < -0.4 is 10.2 Å². The summed E-state index contributed by atoms with van der Waals surface area (Å²) in [5.41, 5.74) is 0. The predicted molar refractivity (Wildman–Crippen MR) is 78.0 cm³/mol. The van der Waals surface area contributed by atoms with Crippen molar-refractivity contribution in [3.05, 3.63) is 24.5 Å². The van der Waals surface area contributed by atoms with E-state index < -0.39 is 5.97 Å². The summed E-state index contributed by atoms with van der Waals surface area (Å²) in [7, 11) is 0. The maximum Gasteiger partial charge on any atom is 0.306 e. The second kappa shape index (κ2) is 6.36. The molecule has 1 aromatic rings. The molecule has 0 atom stereocenters. The van der Waals surface area contributed by atoms with E-state index in [1.807, 2.05) is 13.0 Å². The Morgan fingerprint density at radius 2 is 2.25 bits per heavy atom. The molecule has 0 unspecified atom stereocenters.